The predicted molar refractivity (Wildman–Crippen MR) is 96.0 cm³/mol. The van der Waals surface area contributed by atoms with Crippen LogP contribution in [-0.4, -0.2) is 29.4 Å². The number of hydrogen-bond donors (Lipinski definition) is 2. The van der Waals surface area contributed by atoms with Crippen LogP contribution >= 0.6 is 23.2 Å². The van der Waals surface area contributed by atoms with Crippen LogP contribution < -0.4 is 0 Å². The van der Waals surface area contributed by atoms with Crippen LogP contribution in [0.25, 0.3) is 22.2 Å². The summed E-state index contributed by atoms with van der Waals surface area (Å²) in [5.41, 5.74) is 2.34. The topological polar surface area (TPSA) is 83.0 Å². The molecule has 0 saturated carbocycles. The number of aliphatic hydroxyl groups is 1. The van der Waals surface area contributed by atoms with Crippen molar-refractivity contribution in [3.05, 3.63) is 52.3 Å². The molecule has 0 spiro atoms. The van der Waals surface area contributed by atoms with Crippen molar-refractivity contribution in [3.8, 4) is 11.3 Å². The fraction of sp³-hybridized carbons (Fsp3) is 0.188. The first kappa shape index (κ1) is 17.2. The van der Waals surface area contributed by atoms with Crippen molar-refractivity contribution >= 4 is 43.9 Å². The molecule has 2 aromatic heterocycles. The van der Waals surface area contributed by atoms with Gasteiger partial charge in [-0.05, 0) is 31.2 Å². The van der Waals surface area contributed by atoms with E-state index in [0.717, 1.165) is 5.39 Å². The highest BCUT2D eigenvalue weighted by molar-refractivity contribution is 7.91. The number of aromatic nitrogens is 2. The quantitative estimate of drug-likeness (QED) is 0.712. The number of aliphatic hydroxyl groups excluding tert-OH is 1. The second-order valence-electron chi connectivity index (χ2n) is 5.37. The molecule has 0 fully saturated rings. The number of hydrogen-bond acceptors (Lipinski definition) is 4. The molecule has 5 nitrogen and oxygen atoms in total. The third-order valence-corrected chi connectivity index (χ3v) is 6.31. The Hall–Kier alpha value is -1.60. The van der Waals surface area contributed by atoms with Crippen molar-refractivity contribution in [3.63, 3.8) is 0 Å². The normalized spacial score (nSPS) is 13.3. The predicted octanol–water partition coefficient (Wildman–Crippen LogP) is 3.96. The molecule has 0 saturated heterocycles. The Morgan fingerprint density at radius 2 is 1.96 bits per heavy atom. The van der Waals surface area contributed by atoms with E-state index in [0.29, 0.717) is 32.5 Å². The van der Waals surface area contributed by atoms with Crippen molar-refractivity contribution in [1.82, 2.24) is 9.97 Å². The molecule has 24 heavy (non-hydrogen) atoms. The van der Waals surface area contributed by atoms with Gasteiger partial charge in [0.2, 0.25) is 0 Å². The number of aromatic amines is 1. The van der Waals surface area contributed by atoms with E-state index in [1.54, 1.807) is 30.5 Å². The number of fused-ring (bicyclic) bond motifs is 1. The van der Waals surface area contributed by atoms with Gasteiger partial charge in [-0.3, -0.25) is 4.98 Å². The molecule has 8 heteroatoms. The van der Waals surface area contributed by atoms with Crippen LogP contribution in [0.1, 0.15) is 17.9 Å². The summed E-state index contributed by atoms with van der Waals surface area (Å²) in [6.07, 6.45) is 1.63. The number of nitrogens with zero attached hydrogens (tertiary/aromatic N) is 1. The van der Waals surface area contributed by atoms with Crippen molar-refractivity contribution in [2.24, 2.45) is 0 Å². The maximum absolute atomic E-state index is 12.2. The molecule has 0 aliphatic heterocycles. The molecule has 1 unspecified atom stereocenters. The van der Waals surface area contributed by atoms with Crippen LogP contribution in [0.15, 0.2) is 36.5 Å². The summed E-state index contributed by atoms with van der Waals surface area (Å²) in [5.74, 6) is -0.938. The molecule has 0 aliphatic carbocycles. The average molecular weight is 385 g/mol. The van der Waals surface area contributed by atoms with E-state index in [1.807, 2.05) is 6.07 Å². The molecule has 0 radical (unpaired) electrons. The Labute approximate surface area is 149 Å². The minimum Gasteiger partial charge on any atom is -0.380 e. The lowest BCUT2D eigenvalue weighted by atomic mass is 10.1. The molecule has 2 heterocycles. The third-order valence-electron chi connectivity index (χ3n) is 3.91. The van der Waals surface area contributed by atoms with Crippen molar-refractivity contribution in [2.45, 2.75) is 12.2 Å². The van der Waals surface area contributed by atoms with E-state index in [1.165, 1.54) is 6.92 Å². The number of sulfone groups is 1. The zero-order valence-electron chi connectivity index (χ0n) is 12.6. The lowest BCUT2D eigenvalue weighted by molar-refractivity contribution is 0.356. The zero-order chi connectivity index (χ0) is 17.5. The van der Waals surface area contributed by atoms with Gasteiger partial charge in [0, 0.05) is 28.4 Å². The van der Waals surface area contributed by atoms with Gasteiger partial charge in [-0.25, -0.2) is 8.42 Å². The minimum absolute atomic E-state index is 0.363. The largest absolute Gasteiger partial charge is 0.380 e. The molecule has 0 bridgehead atoms. The highest BCUT2D eigenvalue weighted by Crippen LogP contribution is 2.40. The van der Waals surface area contributed by atoms with E-state index < -0.39 is 21.0 Å². The van der Waals surface area contributed by atoms with Crippen LogP contribution in [0.2, 0.25) is 10.0 Å². The Morgan fingerprint density at radius 1 is 1.25 bits per heavy atom. The maximum Gasteiger partial charge on any atom is 0.182 e. The molecule has 3 aromatic rings. The molecule has 0 aliphatic rings. The van der Waals surface area contributed by atoms with E-state index in [2.05, 4.69) is 9.97 Å². The average Bonchev–Trinajstić information content (AvgIpc) is 2.93. The van der Waals surface area contributed by atoms with Crippen molar-refractivity contribution < 1.29 is 13.5 Å². The first-order valence-corrected chi connectivity index (χ1v) is 9.56. The van der Waals surface area contributed by atoms with Crippen molar-refractivity contribution in [1.29, 1.82) is 0 Å². The minimum atomic E-state index is -3.72. The van der Waals surface area contributed by atoms with Crippen LogP contribution in [0.4, 0.5) is 0 Å². The third kappa shape index (κ3) is 2.91. The first-order valence-electron chi connectivity index (χ1n) is 7.09. The SMILES string of the molecule is CC(c1[nH]c2cc(Cl)c(Cl)cc2c1-c1ccccn1)S(=O)(=O)CO. The summed E-state index contributed by atoms with van der Waals surface area (Å²) >= 11 is 12.2. The van der Waals surface area contributed by atoms with Crippen LogP contribution in [-0.2, 0) is 9.84 Å². The summed E-state index contributed by atoms with van der Waals surface area (Å²) in [5, 5.41) is 9.70. The van der Waals surface area contributed by atoms with Gasteiger partial charge in [-0.2, -0.15) is 0 Å². The molecular weight excluding hydrogens is 371 g/mol. The molecular formula is C16H14Cl2N2O3S. The van der Waals surface area contributed by atoms with Crippen LogP contribution in [0, 0.1) is 0 Å². The standard InChI is InChI=1S/C16H14Cl2N2O3S/c1-9(24(22,23)8-21)16-15(13-4-2-3-5-19-13)10-6-11(17)12(18)7-14(10)20-16/h2-7,9,20-21H,8H2,1H3. The summed E-state index contributed by atoms with van der Waals surface area (Å²) in [6, 6.07) is 8.70. The van der Waals surface area contributed by atoms with Gasteiger partial charge in [0.25, 0.3) is 0 Å². The van der Waals surface area contributed by atoms with Gasteiger partial charge in [0.1, 0.15) is 11.2 Å². The summed E-state index contributed by atoms with van der Waals surface area (Å²) in [6.45, 7) is 1.52. The summed E-state index contributed by atoms with van der Waals surface area (Å²) < 4.78 is 24.3. The number of pyridine rings is 1. The monoisotopic (exact) mass is 384 g/mol. The highest BCUT2D eigenvalue weighted by atomic mass is 35.5. The molecule has 0 amide bonds. The smallest absolute Gasteiger partial charge is 0.182 e. The maximum atomic E-state index is 12.2. The van der Waals surface area contributed by atoms with E-state index >= 15 is 0 Å². The van der Waals surface area contributed by atoms with Gasteiger partial charge >= 0.3 is 0 Å². The number of halogens is 2. The fourth-order valence-corrected chi connectivity index (χ4v) is 3.68. The zero-order valence-corrected chi connectivity index (χ0v) is 15.0. The van der Waals surface area contributed by atoms with Crippen LogP contribution in [0.3, 0.4) is 0 Å². The lowest BCUT2D eigenvalue weighted by Crippen LogP contribution is -2.15. The van der Waals surface area contributed by atoms with Gasteiger partial charge in [-0.15, -0.1) is 0 Å². The number of benzene rings is 1. The van der Waals surface area contributed by atoms with Gasteiger partial charge in [0.05, 0.1) is 15.7 Å². The summed E-state index contributed by atoms with van der Waals surface area (Å²) in [7, 11) is -3.72. The Bertz CT molecular complexity index is 1000. The second-order valence-corrected chi connectivity index (χ2v) is 8.48. The van der Waals surface area contributed by atoms with E-state index in [9.17, 15) is 13.5 Å². The second kappa shape index (κ2) is 6.37. The van der Waals surface area contributed by atoms with Crippen LogP contribution in [0.5, 0.6) is 0 Å². The molecule has 2 N–H and O–H groups in total. The van der Waals surface area contributed by atoms with Gasteiger partial charge in [-0.1, -0.05) is 29.3 Å². The molecule has 3 rings (SSSR count). The fourth-order valence-electron chi connectivity index (χ4n) is 2.59. The number of H-pyrrole nitrogens is 1. The van der Waals surface area contributed by atoms with E-state index in [4.69, 9.17) is 23.2 Å². The van der Waals surface area contributed by atoms with Gasteiger partial charge < -0.3 is 10.1 Å². The molecule has 126 valence electrons. The molecule has 1 atom stereocenters. The summed E-state index contributed by atoms with van der Waals surface area (Å²) in [4.78, 5) is 7.42. The Morgan fingerprint density at radius 3 is 2.58 bits per heavy atom. The van der Waals surface area contributed by atoms with Gasteiger partial charge in [0.15, 0.2) is 9.84 Å². The number of nitrogens with one attached hydrogen (secondary N) is 1. The highest BCUT2D eigenvalue weighted by Gasteiger charge is 2.28. The van der Waals surface area contributed by atoms with Crippen molar-refractivity contribution in [2.75, 3.05) is 5.94 Å². The Balaban J connectivity index is 2.37. The lowest BCUT2D eigenvalue weighted by Gasteiger charge is -2.12. The number of rotatable bonds is 4. The first-order chi connectivity index (χ1) is 11.3. The Kier molecular flexibility index (Phi) is 4.57. The molecule has 1 aromatic carbocycles. The van der Waals surface area contributed by atoms with E-state index in [-0.39, 0.29) is 0 Å².